The summed E-state index contributed by atoms with van der Waals surface area (Å²) in [7, 11) is 0. The standard InChI is InChI=1S/C22H40N6O8/c1-3-12(2)18(21(34)27-15(22(35)36)8-9-16(25)29)28-20(33)14(6-4-5-11-23)26-19(32)13(24)7-10-17(30)31/h12-15,18H,3-11,23-24H2,1-2H3,(H2,25,29)(H,26,32)(H,27,34)(H,28,33)(H,30,31)(H,35,36). The Kier molecular flexibility index (Phi) is 15.7. The molecule has 0 heterocycles. The predicted octanol–water partition coefficient (Wildman–Crippen LogP) is -1.84. The number of aliphatic carboxylic acids is 2. The van der Waals surface area contributed by atoms with Gasteiger partial charge in [-0.3, -0.25) is 24.0 Å². The molecular weight excluding hydrogens is 476 g/mol. The van der Waals surface area contributed by atoms with E-state index in [2.05, 4.69) is 16.0 Å². The summed E-state index contributed by atoms with van der Waals surface area (Å²) in [5.74, 6) is -5.77. The lowest BCUT2D eigenvalue weighted by molar-refractivity contribution is -0.143. The van der Waals surface area contributed by atoms with E-state index < -0.39 is 65.7 Å². The lowest BCUT2D eigenvalue weighted by atomic mass is 9.96. The Bertz CT molecular complexity index is 778. The van der Waals surface area contributed by atoms with Gasteiger partial charge in [0.15, 0.2) is 0 Å². The molecule has 0 saturated carbocycles. The lowest BCUT2D eigenvalue weighted by Gasteiger charge is -2.28. The van der Waals surface area contributed by atoms with Crippen molar-refractivity contribution in [2.75, 3.05) is 6.54 Å². The van der Waals surface area contributed by atoms with Crippen molar-refractivity contribution in [3.05, 3.63) is 0 Å². The first-order chi connectivity index (χ1) is 16.8. The number of unbranched alkanes of at least 4 members (excludes halogenated alkanes) is 1. The van der Waals surface area contributed by atoms with E-state index in [9.17, 15) is 33.9 Å². The van der Waals surface area contributed by atoms with Crippen LogP contribution in [0.3, 0.4) is 0 Å². The summed E-state index contributed by atoms with van der Waals surface area (Å²) in [6.45, 7) is 3.83. The number of carbonyl (C=O) groups excluding carboxylic acids is 4. The summed E-state index contributed by atoms with van der Waals surface area (Å²) < 4.78 is 0. The smallest absolute Gasteiger partial charge is 0.326 e. The van der Waals surface area contributed by atoms with Gasteiger partial charge in [0.1, 0.15) is 18.1 Å². The minimum absolute atomic E-state index is 0.127. The number of nitrogens with one attached hydrogen (secondary N) is 3. The van der Waals surface area contributed by atoms with Crippen molar-refractivity contribution in [3.63, 3.8) is 0 Å². The number of rotatable bonds is 19. The Morgan fingerprint density at radius 3 is 1.92 bits per heavy atom. The van der Waals surface area contributed by atoms with Crippen LogP contribution in [0.1, 0.15) is 65.2 Å². The van der Waals surface area contributed by atoms with Gasteiger partial charge in [0.25, 0.3) is 0 Å². The Balaban J connectivity index is 5.55. The average Bonchev–Trinajstić information content (AvgIpc) is 2.81. The highest BCUT2D eigenvalue weighted by atomic mass is 16.4. The van der Waals surface area contributed by atoms with Gasteiger partial charge in [-0.15, -0.1) is 0 Å². The molecule has 0 aliphatic rings. The first kappa shape index (κ1) is 32.7. The van der Waals surface area contributed by atoms with E-state index in [4.69, 9.17) is 22.3 Å². The van der Waals surface area contributed by atoms with E-state index in [-0.39, 0.29) is 32.1 Å². The van der Waals surface area contributed by atoms with Crippen LogP contribution >= 0.6 is 0 Å². The molecule has 11 N–H and O–H groups in total. The second-order valence-electron chi connectivity index (χ2n) is 8.66. The van der Waals surface area contributed by atoms with Crippen LogP contribution in [0, 0.1) is 5.92 Å². The summed E-state index contributed by atoms with van der Waals surface area (Å²) in [6.07, 6.45) is 0.771. The van der Waals surface area contributed by atoms with Gasteiger partial charge in [-0.05, 0) is 44.6 Å². The van der Waals surface area contributed by atoms with Crippen molar-refractivity contribution in [2.24, 2.45) is 23.1 Å². The van der Waals surface area contributed by atoms with Gasteiger partial charge >= 0.3 is 11.9 Å². The van der Waals surface area contributed by atoms with E-state index in [1.807, 2.05) is 0 Å². The summed E-state index contributed by atoms with van der Waals surface area (Å²) in [5, 5.41) is 25.6. The third kappa shape index (κ3) is 13.0. The molecule has 5 atom stereocenters. The molecule has 0 aliphatic heterocycles. The van der Waals surface area contributed by atoms with E-state index >= 15 is 0 Å². The van der Waals surface area contributed by atoms with E-state index in [1.54, 1.807) is 13.8 Å². The Hall–Kier alpha value is -3.26. The molecule has 0 rings (SSSR count). The zero-order valence-corrected chi connectivity index (χ0v) is 20.8. The summed E-state index contributed by atoms with van der Waals surface area (Å²) in [4.78, 5) is 71.7. The fraction of sp³-hybridized carbons (Fsp3) is 0.727. The fourth-order valence-corrected chi connectivity index (χ4v) is 3.21. The Labute approximate surface area is 210 Å². The summed E-state index contributed by atoms with van der Waals surface area (Å²) >= 11 is 0. The zero-order valence-electron chi connectivity index (χ0n) is 20.8. The van der Waals surface area contributed by atoms with Crippen LogP contribution in [0.2, 0.25) is 0 Å². The molecule has 0 aromatic rings. The highest BCUT2D eigenvalue weighted by molar-refractivity contribution is 5.94. The first-order valence-electron chi connectivity index (χ1n) is 11.9. The van der Waals surface area contributed by atoms with Gasteiger partial charge in [-0.2, -0.15) is 0 Å². The molecule has 5 unspecified atom stereocenters. The van der Waals surface area contributed by atoms with Gasteiger partial charge in [0.2, 0.25) is 23.6 Å². The van der Waals surface area contributed by atoms with Crippen LogP contribution in [-0.2, 0) is 28.8 Å². The third-order valence-electron chi connectivity index (χ3n) is 5.67. The zero-order chi connectivity index (χ0) is 27.8. The van der Waals surface area contributed by atoms with Crippen LogP contribution in [0.15, 0.2) is 0 Å². The largest absolute Gasteiger partial charge is 0.481 e. The molecule has 0 aromatic carbocycles. The van der Waals surface area contributed by atoms with Crippen molar-refractivity contribution in [3.8, 4) is 0 Å². The Morgan fingerprint density at radius 2 is 1.42 bits per heavy atom. The van der Waals surface area contributed by atoms with Crippen molar-refractivity contribution < 1.29 is 39.0 Å². The van der Waals surface area contributed by atoms with Crippen LogP contribution in [-0.4, -0.2) is 76.5 Å². The van der Waals surface area contributed by atoms with E-state index in [0.29, 0.717) is 25.8 Å². The number of nitrogens with two attached hydrogens (primary N) is 3. The summed E-state index contributed by atoms with van der Waals surface area (Å²) in [5.41, 5.74) is 16.3. The van der Waals surface area contributed by atoms with Gasteiger partial charge in [0, 0.05) is 12.8 Å². The number of hydrogen-bond donors (Lipinski definition) is 8. The molecule has 0 aromatic heterocycles. The second-order valence-corrected chi connectivity index (χ2v) is 8.66. The van der Waals surface area contributed by atoms with Gasteiger partial charge in [-0.1, -0.05) is 20.3 Å². The number of hydrogen-bond acceptors (Lipinski definition) is 8. The van der Waals surface area contributed by atoms with Gasteiger partial charge < -0.3 is 43.4 Å². The second kappa shape index (κ2) is 17.2. The van der Waals surface area contributed by atoms with Crippen LogP contribution in [0.25, 0.3) is 0 Å². The molecule has 0 bridgehead atoms. The number of carboxylic acids is 2. The van der Waals surface area contributed by atoms with Gasteiger partial charge in [-0.25, -0.2) is 4.79 Å². The minimum Gasteiger partial charge on any atom is -0.481 e. The molecule has 14 nitrogen and oxygen atoms in total. The molecule has 0 radical (unpaired) electrons. The van der Waals surface area contributed by atoms with Crippen LogP contribution in [0.4, 0.5) is 0 Å². The maximum atomic E-state index is 13.1. The van der Waals surface area contributed by atoms with Gasteiger partial charge in [0.05, 0.1) is 6.04 Å². The number of carboxylic acid groups (broad SMARTS) is 2. The van der Waals surface area contributed by atoms with Crippen LogP contribution in [0.5, 0.6) is 0 Å². The topological polar surface area (TPSA) is 257 Å². The third-order valence-corrected chi connectivity index (χ3v) is 5.67. The van der Waals surface area contributed by atoms with Crippen LogP contribution < -0.4 is 33.2 Å². The molecule has 206 valence electrons. The molecule has 14 heteroatoms. The molecule has 0 fully saturated rings. The van der Waals surface area contributed by atoms with E-state index in [1.165, 1.54) is 0 Å². The SMILES string of the molecule is CCC(C)C(NC(=O)C(CCCCN)NC(=O)C(N)CCC(=O)O)C(=O)NC(CCC(N)=O)C(=O)O. The summed E-state index contributed by atoms with van der Waals surface area (Å²) in [6, 6.07) is -4.75. The molecule has 0 aliphatic carbocycles. The normalized spacial score (nSPS) is 15.0. The highest BCUT2D eigenvalue weighted by Gasteiger charge is 2.32. The monoisotopic (exact) mass is 516 g/mol. The Morgan fingerprint density at radius 1 is 0.806 bits per heavy atom. The number of primary amides is 1. The van der Waals surface area contributed by atoms with Crippen molar-refractivity contribution in [1.82, 2.24) is 16.0 Å². The quantitative estimate of drug-likeness (QED) is 0.0889. The maximum Gasteiger partial charge on any atom is 0.326 e. The lowest BCUT2D eigenvalue weighted by Crippen LogP contribution is -2.58. The fourth-order valence-electron chi connectivity index (χ4n) is 3.21. The van der Waals surface area contributed by atoms with Crippen molar-refractivity contribution >= 4 is 35.6 Å². The molecule has 0 spiro atoms. The minimum atomic E-state index is -1.39. The first-order valence-corrected chi connectivity index (χ1v) is 11.9. The average molecular weight is 517 g/mol. The molecular formula is C22H40N6O8. The molecule has 36 heavy (non-hydrogen) atoms. The number of carbonyl (C=O) groups is 6. The molecule has 0 saturated heterocycles. The maximum absolute atomic E-state index is 13.1. The highest BCUT2D eigenvalue weighted by Crippen LogP contribution is 2.11. The predicted molar refractivity (Wildman–Crippen MR) is 129 cm³/mol. The number of amides is 4. The van der Waals surface area contributed by atoms with Crippen molar-refractivity contribution in [1.29, 1.82) is 0 Å². The van der Waals surface area contributed by atoms with Crippen molar-refractivity contribution in [2.45, 2.75) is 89.4 Å². The van der Waals surface area contributed by atoms with E-state index in [0.717, 1.165) is 0 Å². The molecule has 4 amide bonds.